The number of halogens is 3. The number of benzene rings is 1. The van der Waals surface area contributed by atoms with Crippen LogP contribution < -0.4 is 5.32 Å². The van der Waals surface area contributed by atoms with E-state index < -0.39 is 11.7 Å². The lowest BCUT2D eigenvalue weighted by atomic mass is 9.73. The Balaban J connectivity index is 1.78. The summed E-state index contributed by atoms with van der Waals surface area (Å²) in [5, 5.41) is 13.0. The Morgan fingerprint density at radius 2 is 2.08 bits per heavy atom. The number of ether oxygens (including phenoxy) is 1. The van der Waals surface area contributed by atoms with Crippen molar-refractivity contribution in [3.8, 4) is 0 Å². The minimum absolute atomic E-state index is 0.0614. The number of anilines is 1. The van der Waals surface area contributed by atoms with Crippen LogP contribution in [0.25, 0.3) is 0 Å². The second-order valence-electron chi connectivity index (χ2n) is 6.93. The van der Waals surface area contributed by atoms with Crippen LogP contribution in [0.3, 0.4) is 0 Å². The molecular formula is C19H20F3NO2. The maximum absolute atomic E-state index is 13.5. The normalized spacial score (nSPS) is 31.6. The number of para-hydroxylation sites is 1. The summed E-state index contributed by atoms with van der Waals surface area (Å²) in [7, 11) is 0. The number of hydrogen-bond donors (Lipinski definition) is 2. The Kier molecular flexibility index (Phi) is 4.02. The summed E-state index contributed by atoms with van der Waals surface area (Å²) >= 11 is 0. The first-order valence-electron chi connectivity index (χ1n) is 8.61. The molecule has 6 heteroatoms. The number of rotatable bonds is 1. The molecule has 0 saturated carbocycles. The summed E-state index contributed by atoms with van der Waals surface area (Å²) in [5.74, 6) is 0.195. The highest BCUT2D eigenvalue weighted by Crippen LogP contribution is 2.50. The van der Waals surface area contributed by atoms with Crippen molar-refractivity contribution in [2.75, 3.05) is 11.9 Å². The number of alkyl halides is 3. The maximum Gasteiger partial charge on any atom is 0.418 e. The van der Waals surface area contributed by atoms with Crippen molar-refractivity contribution in [2.24, 2.45) is 11.8 Å². The third-order valence-corrected chi connectivity index (χ3v) is 5.39. The number of aliphatic hydroxyl groups excluding tert-OH is 1. The van der Waals surface area contributed by atoms with Crippen molar-refractivity contribution in [1.29, 1.82) is 0 Å². The van der Waals surface area contributed by atoms with E-state index in [4.69, 9.17) is 4.74 Å². The monoisotopic (exact) mass is 351 g/mol. The van der Waals surface area contributed by atoms with Crippen LogP contribution in [0.2, 0.25) is 0 Å². The van der Waals surface area contributed by atoms with E-state index >= 15 is 0 Å². The smallest absolute Gasteiger partial charge is 0.418 e. The van der Waals surface area contributed by atoms with Crippen molar-refractivity contribution in [3.05, 3.63) is 53.3 Å². The van der Waals surface area contributed by atoms with Gasteiger partial charge in [0, 0.05) is 30.0 Å². The highest BCUT2D eigenvalue weighted by molar-refractivity contribution is 5.63. The topological polar surface area (TPSA) is 41.5 Å². The average Bonchev–Trinajstić information content (AvgIpc) is 2.59. The highest BCUT2D eigenvalue weighted by atomic mass is 19.4. The van der Waals surface area contributed by atoms with E-state index in [1.54, 1.807) is 18.2 Å². The van der Waals surface area contributed by atoms with Crippen LogP contribution in [0.15, 0.2) is 42.2 Å². The van der Waals surface area contributed by atoms with Crippen molar-refractivity contribution >= 4 is 5.69 Å². The number of hydrogen-bond acceptors (Lipinski definition) is 3. The summed E-state index contributed by atoms with van der Waals surface area (Å²) in [6, 6.07) is 4.09. The van der Waals surface area contributed by atoms with Crippen molar-refractivity contribution in [2.45, 2.75) is 37.6 Å². The molecular weight excluding hydrogens is 331 g/mol. The Morgan fingerprint density at radius 1 is 1.24 bits per heavy atom. The molecule has 1 aromatic rings. The van der Waals surface area contributed by atoms with E-state index in [0.29, 0.717) is 18.6 Å². The molecule has 3 nitrogen and oxygen atoms in total. The number of nitrogens with one attached hydrogen (secondary N) is 1. The molecule has 2 heterocycles. The zero-order valence-electron chi connectivity index (χ0n) is 13.6. The summed E-state index contributed by atoms with van der Waals surface area (Å²) in [4.78, 5) is 0. The molecule has 1 aromatic carbocycles. The second-order valence-corrected chi connectivity index (χ2v) is 6.93. The molecule has 0 aromatic heterocycles. The minimum Gasteiger partial charge on any atom is -0.508 e. The van der Waals surface area contributed by atoms with Gasteiger partial charge in [0.2, 0.25) is 0 Å². The van der Waals surface area contributed by atoms with Gasteiger partial charge < -0.3 is 15.2 Å². The zero-order valence-corrected chi connectivity index (χ0v) is 13.6. The fourth-order valence-electron chi connectivity index (χ4n) is 4.33. The number of allylic oxidation sites excluding steroid dienone is 2. The Hall–Kier alpha value is -1.95. The summed E-state index contributed by atoms with van der Waals surface area (Å²) < 4.78 is 46.4. The average molecular weight is 351 g/mol. The van der Waals surface area contributed by atoms with Crippen LogP contribution in [0.5, 0.6) is 0 Å². The minimum atomic E-state index is -4.42. The van der Waals surface area contributed by atoms with Gasteiger partial charge in [0.05, 0.1) is 17.4 Å². The largest absolute Gasteiger partial charge is 0.508 e. The van der Waals surface area contributed by atoms with E-state index in [1.165, 1.54) is 6.07 Å². The van der Waals surface area contributed by atoms with Crippen LogP contribution in [-0.4, -0.2) is 17.8 Å². The molecule has 0 bridgehead atoms. The third kappa shape index (κ3) is 2.92. The molecule has 4 rings (SSSR count). The molecule has 1 fully saturated rings. The lowest BCUT2D eigenvalue weighted by Crippen LogP contribution is -2.46. The second kappa shape index (κ2) is 6.09. The van der Waals surface area contributed by atoms with Crippen LogP contribution in [0.4, 0.5) is 18.9 Å². The van der Waals surface area contributed by atoms with E-state index in [9.17, 15) is 18.3 Å². The van der Waals surface area contributed by atoms with Gasteiger partial charge >= 0.3 is 6.18 Å². The quantitative estimate of drug-likeness (QED) is 0.749. The van der Waals surface area contributed by atoms with Crippen LogP contribution in [0, 0.1) is 11.8 Å². The molecule has 0 amide bonds. The van der Waals surface area contributed by atoms with Crippen molar-refractivity contribution < 1.29 is 23.0 Å². The fourth-order valence-corrected chi connectivity index (χ4v) is 4.33. The van der Waals surface area contributed by atoms with Crippen molar-refractivity contribution in [3.63, 3.8) is 0 Å². The summed E-state index contributed by atoms with van der Waals surface area (Å²) in [6.45, 7) is 0.565. The molecule has 0 radical (unpaired) electrons. The van der Waals surface area contributed by atoms with Gasteiger partial charge in [-0.3, -0.25) is 0 Å². The van der Waals surface area contributed by atoms with Crippen LogP contribution in [-0.2, 0) is 10.9 Å². The lowest BCUT2D eigenvalue weighted by molar-refractivity contribution is -0.137. The van der Waals surface area contributed by atoms with Gasteiger partial charge in [0.1, 0.15) is 5.76 Å². The first kappa shape index (κ1) is 16.5. The zero-order chi connectivity index (χ0) is 17.6. The van der Waals surface area contributed by atoms with Gasteiger partial charge in [-0.1, -0.05) is 18.2 Å². The highest BCUT2D eigenvalue weighted by Gasteiger charge is 2.45. The molecule has 134 valence electrons. The van der Waals surface area contributed by atoms with E-state index in [2.05, 4.69) is 5.32 Å². The van der Waals surface area contributed by atoms with Crippen LogP contribution >= 0.6 is 0 Å². The first-order chi connectivity index (χ1) is 11.9. The van der Waals surface area contributed by atoms with Gasteiger partial charge in [-0.2, -0.15) is 13.2 Å². The molecule has 1 aliphatic carbocycles. The van der Waals surface area contributed by atoms with Gasteiger partial charge in [0.25, 0.3) is 0 Å². The molecule has 2 aliphatic heterocycles. The fraction of sp³-hybridized carbons (Fsp3) is 0.474. The Morgan fingerprint density at radius 3 is 2.84 bits per heavy atom. The molecule has 25 heavy (non-hydrogen) atoms. The third-order valence-electron chi connectivity index (χ3n) is 5.39. The molecule has 2 N–H and O–H groups in total. The number of aliphatic hydroxyl groups is 1. The summed E-state index contributed by atoms with van der Waals surface area (Å²) in [6.07, 6.45) is 2.96. The Labute approximate surface area is 144 Å². The van der Waals surface area contributed by atoms with E-state index in [-0.39, 0.29) is 35.4 Å². The number of fused-ring (bicyclic) bond motifs is 3. The maximum atomic E-state index is 13.5. The van der Waals surface area contributed by atoms with E-state index in [0.717, 1.165) is 18.9 Å². The molecule has 4 atom stereocenters. The van der Waals surface area contributed by atoms with Gasteiger partial charge in [-0.15, -0.1) is 0 Å². The van der Waals surface area contributed by atoms with Gasteiger partial charge in [-0.25, -0.2) is 0 Å². The molecule has 0 spiro atoms. The SMILES string of the molecule is OC1=CC([C@@H]2Nc3c(cccc3C(F)(F)F)[C@H]3OCCC[C@H]32)CC=C1. The Bertz CT molecular complexity index is 726. The van der Waals surface area contributed by atoms with Gasteiger partial charge in [0.15, 0.2) is 0 Å². The standard InChI is InChI=1S/C19H20F3NO2/c20-19(21,22)15-8-2-6-14-17(15)23-16(11-4-1-5-12(24)10-11)13-7-3-9-25-18(13)14/h1-2,5-6,8,10-11,13,16,18,23-24H,3-4,7,9H2/t11?,13-,16-,18-/m0/s1. The van der Waals surface area contributed by atoms with Crippen molar-refractivity contribution in [1.82, 2.24) is 0 Å². The summed E-state index contributed by atoms with van der Waals surface area (Å²) in [5.41, 5.74) is 0.0723. The molecule has 3 aliphatic rings. The molecule has 1 saturated heterocycles. The predicted octanol–water partition coefficient (Wildman–Crippen LogP) is 4.99. The predicted molar refractivity (Wildman–Crippen MR) is 88.2 cm³/mol. The lowest BCUT2D eigenvalue weighted by Gasteiger charge is -2.46. The van der Waals surface area contributed by atoms with Crippen LogP contribution in [0.1, 0.15) is 36.5 Å². The molecule has 1 unspecified atom stereocenters. The van der Waals surface area contributed by atoms with Gasteiger partial charge in [-0.05, 0) is 37.5 Å². The van der Waals surface area contributed by atoms with E-state index in [1.807, 2.05) is 6.08 Å². The first-order valence-corrected chi connectivity index (χ1v) is 8.61.